The molecule has 4 nitrogen and oxygen atoms in total. The largest absolute Gasteiger partial charge is 0.370 e. The van der Waals surface area contributed by atoms with Crippen molar-refractivity contribution in [2.24, 2.45) is 4.99 Å². The first-order valence-electron chi connectivity index (χ1n) is 5.46. The molecule has 4 heteroatoms. The van der Waals surface area contributed by atoms with Crippen molar-refractivity contribution in [1.29, 1.82) is 0 Å². The van der Waals surface area contributed by atoms with Gasteiger partial charge < -0.3 is 9.84 Å². The van der Waals surface area contributed by atoms with E-state index in [1.54, 1.807) is 0 Å². The Hall–Kier alpha value is -1.32. The van der Waals surface area contributed by atoms with Crippen molar-refractivity contribution in [3.05, 3.63) is 17.0 Å². The molecule has 0 spiro atoms. The maximum Gasteiger partial charge on any atom is 0.138 e. The normalized spacial score (nSPS) is 16.3. The monoisotopic (exact) mass is 207 g/mol. The average Bonchev–Trinajstić information content (AvgIpc) is 2.58. The molecule has 2 heterocycles. The Morgan fingerprint density at radius 2 is 2.20 bits per heavy atom. The predicted octanol–water partition coefficient (Wildman–Crippen LogP) is 1.96. The molecular weight excluding hydrogens is 190 g/mol. The van der Waals surface area contributed by atoms with Gasteiger partial charge in [0.15, 0.2) is 0 Å². The molecule has 0 amide bonds. The fraction of sp³-hybridized carbons (Fsp3) is 0.636. The summed E-state index contributed by atoms with van der Waals surface area (Å²) in [7, 11) is 0. The van der Waals surface area contributed by atoms with Crippen molar-refractivity contribution >= 4 is 5.84 Å². The molecule has 1 aliphatic rings. The van der Waals surface area contributed by atoms with E-state index in [0.29, 0.717) is 0 Å². The second-order valence-electron chi connectivity index (χ2n) is 3.94. The lowest BCUT2D eigenvalue weighted by Crippen LogP contribution is -2.25. The highest BCUT2D eigenvalue weighted by Crippen LogP contribution is 2.12. The Balaban J connectivity index is 1.95. The second-order valence-corrected chi connectivity index (χ2v) is 3.94. The van der Waals surface area contributed by atoms with Crippen molar-refractivity contribution < 1.29 is 4.52 Å². The maximum absolute atomic E-state index is 5.11. The summed E-state index contributed by atoms with van der Waals surface area (Å²) in [6.45, 7) is 5.65. The molecule has 15 heavy (non-hydrogen) atoms. The van der Waals surface area contributed by atoms with Gasteiger partial charge in [0.2, 0.25) is 0 Å². The summed E-state index contributed by atoms with van der Waals surface area (Å²) < 4.78 is 5.11. The zero-order valence-electron chi connectivity index (χ0n) is 9.34. The van der Waals surface area contributed by atoms with Crippen LogP contribution < -0.4 is 5.32 Å². The molecule has 0 radical (unpaired) electrons. The summed E-state index contributed by atoms with van der Waals surface area (Å²) in [5.74, 6) is 2.03. The van der Waals surface area contributed by atoms with Gasteiger partial charge in [-0.25, -0.2) is 0 Å². The van der Waals surface area contributed by atoms with Crippen LogP contribution in [0.4, 0.5) is 0 Å². The number of nitrogens with zero attached hydrogens (tertiary/aromatic N) is 2. The predicted molar refractivity (Wildman–Crippen MR) is 59.0 cm³/mol. The Bertz CT molecular complexity index is 348. The molecule has 0 aromatic carbocycles. The van der Waals surface area contributed by atoms with E-state index in [2.05, 4.69) is 15.5 Å². The van der Waals surface area contributed by atoms with E-state index in [9.17, 15) is 0 Å². The number of hydrogen-bond acceptors (Lipinski definition) is 4. The molecule has 1 aromatic heterocycles. The van der Waals surface area contributed by atoms with Crippen LogP contribution in [0.25, 0.3) is 0 Å². The Labute approximate surface area is 89.8 Å². The Morgan fingerprint density at radius 3 is 2.80 bits per heavy atom. The first-order chi connectivity index (χ1) is 7.27. The van der Waals surface area contributed by atoms with Crippen LogP contribution in [0.3, 0.4) is 0 Å². The van der Waals surface area contributed by atoms with E-state index < -0.39 is 0 Å². The van der Waals surface area contributed by atoms with Gasteiger partial charge in [0.1, 0.15) is 5.76 Å². The van der Waals surface area contributed by atoms with Crippen LogP contribution in [-0.4, -0.2) is 17.5 Å². The molecule has 0 bridgehead atoms. The minimum Gasteiger partial charge on any atom is -0.370 e. The highest BCUT2D eigenvalue weighted by molar-refractivity contribution is 5.82. The number of aliphatic imine (C=N–C) groups is 1. The van der Waals surface area contributed by atoms with E-state index in [0.717, 1.165) is 42.4 Å². The van der Waals surface area contributed by atoms with Gasteiger partial charge >= 0.3 is 0 Å². The van der Waals surface area contributed by atoms with Crippen LogP contribution in [0.2, 0.25) is 0 Å². The standard InChI is InChI=1S/C11H17N3O/c1-8-10(9(2)15-14-8)7-13-11-5-3-4-6-12-11/h3-7H2,1-2H3,(H,12,13). The van der Waals surface area contributed by atoms with Crippen LogP contribution in [0.5, 0.6) is 0 Å². The van der Waals surface area contributed by atoms with E-state index in [-0.39, 0.29) is 0 Å². The Morgan fingerprint density at radius 1 is 1.33 bits per heavy atom. The molecular formula is C11H17N3O. The third-order valence-corrected chi connectivity index (χ3v) is 2.77. The molecule has 1 aliphatic heterocycles. The topological polar surface area (TPSA) is 50.4 Å². The van der Waals surface area contributed by atoms with Gasteiger partial charge in [0.05, 0.1) is 11.5 Å². The van der Waals surface area contributed by atoms with Crippen molar-refractivity contribution in [3.63, 3.8) is 0 Å². The summed E-state index contributed by atoms with van der Waals surface area (Å²) in [5, 5.41) is 7.28. The number of rotatable bonds is 2. The first kappa shape index (κ1) is 10.2. The quantitative estimate of drug-likeness (QED) is 0.806. The molecule has 0 atom stereocenters. The van der Waals surface area contributed by atoms with Crippen molar-refractivity contribution in [1.82, 2.24) is 10.5 Å². The summed E-state index contributed by atoms with van der Waals surface area (Å²) in [6, 6.07) is 0. The third kappa shape index (κ3) is 2.37. The first-order valence-corrected chi connectivity index (χ1v) is 5.46. The lowest BCUT2D eigenvalue weighted by Gasteiger charge is -2.13. The molecule has 1 N–H and O–H groups in total. The van der Waals surface area contributed by atoms with Crippen LogP contribution in [-0.2, 0) is 6.54 Å². The third-order valence-electron chi connectivity index (χ3n) is 2.77. The van der Waals surface area contributed by atoms with E-state index >= 15 is 0 Å². The SMILES string of the molecule is Cc1noc(C)c1CNC1=NCCCC1. The van der Waals surface area contributed by atoms with Crippen LogP contribution in [0, 0.1) is 13.8 Å². The van der Waals surface area contributed by atoms with Crippen molar-refractivity contribution in [3.8, 4) is 0 Å². The number of nitrogens with one attached hydrogen (secondary N) is 1. The number of hydrogen-bond donors (Lipinski definition) is 1. The number of aromatic nitrogens is 1. The van der Waals surface area contributed by atoms with E-state index in [1.165, 1.54) is 12.8 Å². The molecule has 0 saturated carbocycles. The summed E-state index contributed by atoms with van der Waals surface area (Å²) in [4.78, 5) is 4.44. The molecule has 1 aromatic rings. The van der Waals surface area contributed by atoms with Crippen LogP contribution in [0.15, 0.2) is 9.52 Å². The average molecular weight is 207 g/mol. The molecule has 0 aliphatic carbocycles. The zero-order valence-corrected chi connectivity index (χ0v) is 9.34. The van der Waals surface area contributed by atoms with Gasteiger partial charge in [-0.3, -0.25) is 4.99 Å². The molecule has 2 rings (SSSR count). The summed E-state index contributed by atoms with van der Waals surface area (Å²) in [6.07, 6.45) is 3.54. The Kier molecular flexibility index (Phi) is 3.04. The van der Waals surface area contributed by atoms with Gasteiger partial charge in [0.25, 0.3) is 0 Å². The second kappa shape index (κ2) is 4.47. The van der Waals surface area contributed by atoms with Gasteiger partial charge in [-0.2, -0.15) is 0 Å². The lowest BCUT2D eigenvalue weighted by atomic mass is 10.1. The minimum absolute atomic E-state index is 0.778. The zero-order chi connectivity index (χ0) is 10.7. The van der Waals surface area contributed by atoms with Crippen LogP contribution >= 0.6 is 0 Å². The summed E-state index contributed by atoms with van der Waals surface area (Å²) >= 11 is 0. The highest BCUT2D eigenvalue weighted by atomic mass is 16.5. The fourth-order valence-electron chi connectivity index (χ4n) is 1.79. The number of amidine groups is 1. The van der Waals surface area contributed by atoms with Gasteiger partial charge in [0, 0.05) is 25.1 Å². The van der Waals surface area contributed by atoms with Gasteiger partial charge in [-0.05, 0) is 26.7 Å². The van der Waals surface area contributed by atoms with E-state index in [4.69, 9.17) is 4.52 Å². The smallest absolute Gasteiger partial charge is 0.138 e. The van der Waals surface area contributed by atoms with Crippen molar-refractivity contribution in [2.45, 2.75) is 39.7 Å². The molecule has 0 unspecified atom stereocenters. The fourth-order valence-corrected chi connectivity index (χ4v) is 1.79. The number of aryl methyl sites for hydroxylation is 2. The van der Waals surface area contributed by atoms with E-state index in [1.807, 2.05) is 13.8 Å². The summed E-state index contributed by atoms with van der Waals surface area (Å²) in [5.41, 5.74) is 2.12. The highest BCUT2D eigenvalue weighted by Gasteiger charge is 2.10. The molecule has 0 fully saturated rings. The molecule has 0 saturated heterocycles. The van der Waals surface area contributed by atoms with Gasteiger partial charge in [-0.15, -0.1) is 0 Å². The minimum atomic E-state index is 0.778. The van der Waals surface area contributed by atoms with Gasteiger partial charge in [-0.1, -0.05) is 5.16 Å². The molecule has 82 valence electrons. The lowest BCUT2D eigenvalue weighted by molar-refractivity contribution is 0.392. The van der Waals surface area contributed by atoms with Crippen molar-refractivity contribution in [2.75, 3.05) is 6.54 Å². The maximum atomic E-state index is 5.11. The van der Waals surface area contributed by atoms with Crippen LogP contribution in [0.1, 0.15) is 36.3 Å².